The van der Waals surface area contributed by atoms with Crippen LogP contribution in [0, 0.1) is 0 Å². The third kappa shape index (κ3) is 2.80. The number of aromatic nitrogens is 1. The molecule has 0 bridgehead atoms. The third-order valence-corrected chi connectivity index (χ3v) is 4.31. The molecule has 2 rings (SSSR count). The van der Waals surface area contributed by atoms with E-state index in [1.54, 1.807) is 18.2 Å². The third-order valence-electron chi connectivity index (χ3n) is 2.21. The molecule has 0 aliphatic heterocycles. The second-order valence-corrected chi connectivity index (χ2v) is 6.06. The number of nitrogens with zero attached hydrogens (tertiary/aromatic N) is 1. The topological polar surface area (TPSA) is 85.1 Å². The normalized spacial score (nSPS) is 11.2. The largest absolute Gasteiger partial charge is 0.398 e. The van der Waals surface area contributed by atoms with E-state index in [9.17, 15) is 8.42 Å². The van der Waals surface area contributed by atoms with Gasteiger partial charge in [-0.25, -0.2) is 8.42 Å². The molecule has 0 fully saturated rings. The smallest absolute Gasteiger partial charge is 0.261 e. The van der Waals surface area contributed by atoms with Crippen LogP contribution in [0.5, 0.6) is 0 Å². The lowest BCUT2D eigenvalue weighted by atomic mass is 10.3. The highest BCUT2D eigenvalue weighted by Crippen LogP contribution is 2.24. The van der Waals surface area contributed by atoms with E-state index < -0.39 is 10.0 Å². The van der Waals surface area contributed by atoms with Crippen LogP contribution in [0.2, 0.25) is 0 Å². The van der Waals surface area contributed by atoms with Gasteiger partial charge in [-0.2, -0.15) is 0 Å². The van der Waals surface area contributed by atoms with Gasteiger partial charge in [0.2, 0.25) is 0 Å². The minimum Gasteiger partial charge on any atom is -0.398 e. The second kappa shape index (κ2) is 4.95. The van der Waals surface area contributed by atoms with Crippen molar-refractivity contribution in [3.05, 3.63) is 47.2 Å². The van der Waals surface area contributed by atoms with Crippen molar-refractivity contribution in [3.63, 3.8) is 0 Å². The van der Waals surface area contributed by atoms with Crippen molar-refractivity contribution in [1.82, 2.24) is 4.98 Å². The van der Waals surface area contributed by atoms with E-state index in [4.69, 9.17) is 5.73 Å². The zero-order valence-corrected chi connectivity index (χ0v) is 11.6. The van der Waals surface area contributed by atoms with Crippen molar-refractivity contribution in [1.29, 1.82) is 0 Å². The molecular weight excluding hydrogens is 318 g/mol. The van der Waals surface area contributed by atoms with Crippen LogP contribution in [0.15, 0.2) is 52.1 Å². The van der Waals surface area contributed by atoms with Gasteiger partial charge in [0.05, 0.1) is 10.6 Å². The van der Waals surface area contributed by atoms with E-state index in [-0.39, 0.29) is 4.90 Å². The molecule has 1 aromatic carbocycles. The average Bonchev–Trinajstić information content (AvgIpc) is 2.33. The summed E-state index contributed by atoms with van der Waals surface area (Å²) in [4.78, 5) is 3.92. The molecule has 94 valence electrons. The lowest BCUT2D eigenvalue weighted by Gasteiger charge is -2.08. The van der Waals surface area contributed by atoms with Crippen molar-refractivity contribution in [3.8, 4) is 0 Å². The van der Waals surface area contributed by atoms with Crippen molar-refractivity contribution < 1.29 is 8.42 Å². The Morgan fingerprint density at radius 1 is 1.17 bits per heavy atom. The summed E-state index contributed by atoms with van der Waals surface area (Å²) < 4.78 is 27.2. The Hall–Kier alpha value is -1.60. The molecule has 1 heterocycles. The van der Waals surface area contributed by atoms with Gasteiger partial charge in [-0.15, -0.1) is 0 Å². The number of sulfonamides is 1. The van der Waals surface area contributed by atoms with Crippen LogP contribution >= 0.6 is 15.9 Å². The monoisotopic (exact) mass is 327 g/mol. The van der Waals surface area contributed by atoms with Crippen LogP contribution in [0.25, 0.3) is 0 Å². The number of nitrogens with one attached hydrogen (secondary N) is 1. The molecule has 0 unspecified atom stereocenters. The van der Waals surface area contributed by atoms with E-state index in [1.165, 1.54) is 24.5 Å². The molecule has 0 radical (unpaired) electrons. The molecule has 2 aromatic rings. The molecule has 0 saturated carbocycles. The summed E-state index contributed by atoms with van der Waals surface area (Å²) in [6.45, 7) is 0. The Morgan fingerprint density at radius 2 is 1.83 bits per heavy atom. The minimum absolute atomic E-state index is 0.111. The number of rotatable bonds is 3. The first-order valence-electron chi connectivity index (χ1n) is 4.97. The predicted octanol–water partition coefficient (Wildman–Crippen LogP) is 2.23. The summed E-state index contributed by atoms with van der Waals surface area (Å²) in [5.41, 5.74) is 6.48. The first-order valence-corrected chi connectivity index (χ1v) is 7.24. The molecule has 0 amide bonds. The van der Waals surface area contributed by atoms with E-state index in [2.05, 4.69) is 25.6 Å². The summed E-state index contributed by atoms with van der Waals surface area (Å²) >= 11 is 3.21. The molecule has 3 N–H and O–H groups in total. The first kappa shape index (κ1) is 12.8. The van der Waals surface area contributed by atoms with Crippen molar-refractivity contribution in [2.24, 2.45) is 0 Å². The average molecular weight is 328 g/mol. The minimum atomic E-state index is -3.63. The fourth-order valence-corrected chi connectivity index (χ4v) is 2.66. The number of nitrogens with two attached hydrogens (primary N) is 1. The van der Waals surface area contributed by atoms with Crippen molar-refractivity contribution >= 4 is 37.3 Å². The maximum atomic E-state index is 12.1. The summed E-state index contributed by atoms with van der Waals surface area (Å²) in [6.07, 6.45) is 3.02. The Morgan fingerprint density at radius 3 is 2.44 bits per heavy atom. The van der Waals surface area contributed by atoms with E-state index >= 15 is 0 Å². The fourth-order valence-electron chi connectivity index (χ4n) is 1.32. The Balaban J connectivity index is 2.34. The predicted molar refractivity (Wildman–Crippen MR) is 73.6 cm³/mol. The van der Waals surface area contributed by atoms with Crippen molar-refractivity contribution in [2.45, 2.75) is 4.90 Å². The Kier molecular flexibility index (Phi) is 3.53. The molecule has 0 saturated heterocycles. The highest BCUT2D eigenvalue weighted by Gasteiger charge is 2.15. The summed E-state index contributed by atoms with van der Waals surface area (Å²) in [6, 6.07) is 7.60. The maximum Gasteiger partial charge on any atom is 0.261 e. The molecule has 0 aliphatic carbocycles. The lowest BCUT2D eigenvalue weighted by Crippen LogP contribution is -2.13. The molecule has 18 heavy (non-hydrogen) atoms. The van der Waals surface area contributed by atoms with Gasteiger partial charge in [0.25, 0.3) is 10.0 Å². The zero-order chi connectivity index (χ0) is 13.2. The second-order valence-electron chi connectivity index (χ2n) is 3.52. The van der Waals surface area contributed by atoms with Crippen LogP contribution < -0.4 is 10.5 Å². The summed E-state index contributed by atoms with van der Waals surface area (Å²) in [5.74, 6) is 0. The SMILES string of the molecule is Nc1cc(S(=O)(=O)Nc2ccncc2)ccc1Br. The highest BCUT2D eigenvalue weighted by molar-refractivity contribution is 9.10. The van der Waals surface area contributed by atoms with E-state index in [1.807, 2.05) is 0 Å². The van der Waals surface area contributed by atoms with E-state index in [0.717, 1.165) is 0 Å². The summed E-state index contributed by atoms with van der Waals surface area (Å²) in [5, 5.41) is 0. The number of benzene rings is 1. The Bertz CT molecular complexity index is 659. The van der Waals surface area contributed by atoms with Gasteiger partial charge in [0, 0.05) is 22.6 Å². The Labute approximate surface area is 113 Å². The number of hydrogen-bond acceptors (Lipinski definition) is 4. The number of hydrogen-bond donors (Lipinski definition) is 2. The van der Waals surface area contributed by atoms with Gasteiger partial charge in [-0.05, 0) is 46.3 Å². The molecular formula is C11H10BrN3O2S. The zero-order valence-electron chi connectivity index (χ0n) is 9.17. The van der Waals surface area contributed by atoms with Gasteiger partial charge in [-0.1, -0.05) is 0 Å². The van der Waals surface area contributed by atoms with Crippen LogP contribution in [0.1, 0.15) is 0 Å². The standard InChI is InChI=1S/C11H10BrN3O2S/c12-10-2-1-9(7-11(10)13)18(16,17)15-8-3-5-14-6-4-8/h1-7H,13H2,(H,14,15). The molecule has 7 heteroatoms. The molecule has 5 nitrogen and oxygen atoms in total. The van der Waals surface area contributed by atoms with Crippen molar-refractivity contribution in [2.75, 3.05) is 10.5 Å². The first-order chi connectivity index (χ1) is 8.49. The van der Waals surface area contributed by atoms with E-state index in [0.29, 0.717) is 15.8 Å². The number of anilines is 2. The number of pyridine rings is 1. The number of nitrogen functional groups attached to an aromatic ring is 1. The van der Waals surface area contributed by atoms with Gasteiger partial charge < -0.3 is 5.73 Å². The van der Waals surface area contributed by atoms with Crippen LogP contribution in [0.3, 0.4) is 0 Å². The maximum absolute atomic E-state index is 12.1. The molecule has 0 aliphatic rings. The summed E-state index contributed by atoms with van der Waals surface area (Å²) in [7, 11) is -3.63. The quantitative estimate of drug-likeness (QED) is 0.846. The van der Waals surface area contributed by atoms with Gasteiger partial charge in [0.15, 0.2) is 0 Å². The van der Waals surface area contributed by atoms with Gasteiger partial charge in [-0.3, -0.25) is 9.71 Å². The fraction of sp³-hybridized carbons (Fsp3) is 0. The molecule has 0 spiro atoms. The van der Waals surface area contributed by atoms with Crippen LogP contribution in [-0.2, 0) is 10.0 Å². The van der Waals surface area contributed by atoms with Crippen LogP contribution in [-0.4, -0.2) is 13.4 Å². The van der Waals surface area contributed by atoms with Gasteiger partial charge >= 0.3 is 0 Å². The van der Waals surface area contributed by atoms with Crippen LogP contribution in [0.4, 0.5) is 11.4 Å². The molecule has 0 atom stereocenters. The van der Waals surface area contributed by atoms with Gasteiger partial charge in [0.1, 0.15) is 0 Å². The highest BCUT2D eigenvalue weighted by atomic mass is 79.9. The lowest BCUT2D eigenvalue weighted by molar-refractivity contribution is 0.601. The molecule has 1 aromatic heterocycles. The number of halogens is 1.